The van der Waals surface area contributed by atoms with Crippen LogP contribution in [-0.4, -0.2) is 41.7 Å². The van der Waals surface area contributed by atoms with Crippen molar-refractivity contribution in [1.82, 2.24) is 10.2 Å². The molecular formula is C19H20N2O3S. The topological polar surface area (TPSA) is 61.8 Å². The summed E-state index contributed by atoms with van der Waals surface area (Å²) in [5.41, 5.74) is 1.79. The molecule has 4 rings (SSSR count). The number of ether oxygens (including phenoxy) is 1. The van der Waals surface area contributed by atoms with Gasteiger partial charge in [0.2, 0.25) is 5.91 Å². The zero-order valence-corrected chi connectivity index (χ0v) is 14.8. The summed E-state index contributed by atoms with van der Waals surface area (Å²) in [6, 6.07) is 7.60. The Balaban J connectivity index is 1.66. The Bertz CT molecular complexity index is 843. The van der Waals surface area contributed by atoms with E-state index in [0.717, 1.165) is 22.5 Å². The van der Waals surface area contributed by atoms with Crippen molar-refractivity contribution in [3.63, 3.8) is 0 Å². The molecule has 1 aromatic heterocycles. The van der Waals surface area contributed by atoms with Gasteiger partial charge in [-0.25, -0.2) is 0 Å². The van der Waals surface area contributed by atoms with Gasteiger partial charge in [-0.2, -0.15) is 0 Å². The van der Waals surface area contributed by atoms with Gasteiger partial charge < -0.3 is 14.7 Å². The maximum absolute atomic E-state index is 12.7. The van der Waals surface area contributed by atoms with Crippen molar-refractivity contribution in [1.29, 1.82) is 0 Å². The van der Waals surface area contributed by atoms with E-state index in [4.69, 9.17) is 4.74 Å². The highest BCUT2D eigenvalue weighted by molar-refractivity contribution is 7.15. The van der Waals surface area contributed by atoms with Crippen molar-refractivity contribution >= 4 is 17.2 Å². The monoisotopic (exact) mass is 356 g/mol. The van der Waals surface area contributed by atoms with Crippen LogP contribution in [0.25, 0.3) is 10.4 Å². The minimum atomic E-state index is -0.265. The van der Waals surface area contributed by atoms with Crippen molar-refractivity contribution in [2.45, 2.75) is 19.5 Å². The first kappa shape index (κ1) is 16.2. The molecule has 0 unspecified atom stereocenters. The Kier molecular flexibility index (Phi) is 4.23. The number of nitrogens with zero attached hydrogens (tertiary/aromatic N) is 1. The van der Waals surface area contributed by atoms with Gasteiger partial charge in [0.05, 0.1) is 6.54 Å². The average molecular weight is 356 g/mol. The average Bonchev–Trinajstić information content (AvgIpc) is 3.22. The maximum atomic E-state index is 12.7. The lowest BCUT2D eigenvalue weighted by atomic mass is 10.1. The quantitative estimate of drug-likeness (QED) is 0.812. The lowest BCUT2D eigenvalue weighted by Gasteiger charge is -2.23. The van der Waals surface area contributed by atoms with Gasteiger partial charge in [-0.15, -0.1) is 11.3 Å². The van der Waals surface area contributed by atoms with Crippen LogP contribution in [0, 0.1) is 6.92 Å². The largest absolute Gasteiger partial charge is 0.504 e. The van der Waals surface area contributed by atoms with Crippen LogP contribution in [0.5, 0.6) is 11.5 Å². The summed E-state index contributed by atoms with van der Waals surface area (Å²) in [4.78, 5) is 16.8. The Morgan fingerprint density at radius 2 is 2.28 bits per heavy atom. The first-order valence-corrected chi connectivity index (χ1v) is 9.18. The molecular weight excluding hydrogens is 336 g/mol. The third-order valence-electron chi connectivity index (χ3n) is 4.50. The summed E-state index contributed by atoms with van der Waals surface area (Å²) in [5.74, 6) is 0.663. The molecule has 6 heteroatoms. The molecule has 130 valence electrons. The first-order chi connectivity index (χ1) is 12.1. The van der Waals surface area contributed by atoms with E-state index in [2.05, 4.69) is 24.4 Å². The van der Waals surface area contributed by atoms with Crippen LogP contribution in [-0.2, 0) is 11.3 Å². The van der Waals surface area contributed by atoms with E-state index in [0.29, 0.717) is 25.4 Å². The fourth-order valence-corrected chi connectivity index (χ4v) is 4.11. The number of aryl methyl sites for hydroxylation is 1. The van der Waals surface area contributed by atoms with Crippen LogP contribution < -0.4 is 10.1 Å². The lowest BCUT2D eigenvalue weighted by Crippen LogP contribution is -2.44. The number of hydrogen-bond acceptors (Lipinski definition) is 5. The molecule has 0 saturated carbocycles. The predicted octanol–water partition coefficient (Wildman–Crippen LogP) is 2.68. The van der Waals surface area contributed by atoms with Gasteiger partial charge in [-0.05, 0) is 36.8 Å². The first-order valence-electron chi connectivity index (χ1n) is 8.36. The van der Waals surface area contributed by atoms with Crippen molar-refractivity contribution in [3.05, 3.63) is 46.9 Å². The molecule has 2 aliphatic heterocycles. The summed E-state index contributed by atoms with van der Waals surface area (Å²) in [7, 11) is 0. The highest BCUT2D eigenvalue weighted by Gasteiger charge is 2.27. The summed E-state index contributed by atoms with van der Waals surface area (Å²) in [6.45, 7) is 4.10. The molecule has 1 amide bonds. The fraction of sp³-hybridized carbons (Fsp3) is 0.316. The van der Waals surface area contributed by atoms with Crippen molar-refractivity contribution in [2.24, 2.45) is 0 Å². The molecule has 1 atom stereocenters. The Hall–Kier alpha value is -2.31. The molecule has 1 aromatic carbocycles. The van der Waals surface area contributed by atoms with Gasteiger partial charge in [0.25, 0.3) is 0 Å². The van der Waals surface area contributed by atoms with E-state index in [1.807, 2.05) is 18.2 Å². The van der Waals surface area contributed by atoms with Crippen molar-refractivity contribution in [3.8, 4) is 21.9 Å². The highest BCUT2D eigenvalue weighted by atomic mass is 32.1. The number of benzene rings is 1. The number of carbonyl (C=O) groups excluding carboxylic acids is 1. The number of nitrogens with one attached hydrogen (secondary N) is 1. The number of thiophene rings is 1. The normalized spacial score (nSPS) is 19.4. The second-order valence-corrected chi connectivity index (χ2v) is 7.60. The number of amides is 1. The molecule has 3 heterocycles. The molecule has 2 aromatic rings. The number of carbonyl (C=O) groups is 1. The number of hydrogen-bond donors (Lipinski definition) is 2. The van der Waals surface area contributed by atoms with E-state index in [-0.39, 0.29) is 17.7 Å². The highest BCUT2D eigenvalue weighted by Crippen LogP contribution is 2.39. The second kappa shape index (κ2) is 6.54. The molecule has 5 nitrogen and oxygen atoms in total. The van der Waals surface area contributed by atoms with Crippen LogP contribution in [0.2, 0.25) is 0 Å². The van der Waals surface area contributed by atoms with Crippen LogP contribution in [0.4, 0.5) is 0 Å². The zero-order chi connectivity index (χ0) is 17.4. The van der Waals surface area contributed by atoms with Crippen LogP contribution in [0.15, 0.2) is 36.4 Å². The SMILES string of the molecule is Cc1ccc(-c2cc(O)c3c(c2)CN(C(=O)[C@@H]2C=CCN2)CCO3)s1. The van der Waals surface area contributed by atoms with Crippen LogP contribution in [0.1, 0.15) is 10.4 Å². The van der Waals surface area contributed by atoms with Crippen molar-refractivity contribution in [2.75, 3.05) is 19.7 Å². The smallest absolute Gasteiger partial charge is 0.244 e. The van der Waals surface area contributed by atoms with E-state index >= 15 is 0 Å². The van der Waals surface area contributed by atoms with Gasteiger partial charge >= 0.3 is 0 Å². The summed E-state index contributed by atoms with van der Waals surface area (Å²) in [6.07, 6.45) is 3.87. The summed E-state index contributed by atoms with van der Waals surface area (Å²) < 4.78 is 5.74. The standard InChI is InChI=1S/C19H20N2O3S/c1-12-4-5-17(25-12)13-9-14-11-21(19(23)15-3-2-6-20-15)7-8-24-18(14)16(22)10-13/h2-5,9-10,15,20,22H,6-8,11H2,1H3/t15-/m0/s1. The predicted molar refractivity (Wildman–Crippen MR) is 98.0 cm³/mol. The fourth-order valence-electron chi connectivity index (χ4n) is 3.25. The molecule has 0 fully saturated rings. The molecule has 2 aliphatic rings. The van der Waals surface area contributed by atoms with Gasteiger partial charge in [0, 0.05) is 28.4 Å². The van der Waals surface area contributed by atoms with E-state index < -0.39 is 0 Å². The molecule has 0 saturated heterocycles. The second-order valence-electron chi connectivity index (χ2n) is 6.32. The third-order valence-corrected chi connectivity index (χ3v) is 5.55. The minimum Gasteiger partial charge on any atom is -0.504 e. The lowest BCUT2D eigenvalue weighted by molar-refractivity contribution is -0.132. The number of fused-ring (bicyclic) bond motifs is 1. The van der Waals surface area contributed by atoms with Gasteiger partial charge in [-0.3, -0.25) is 10.1 Å². The number of phenolic OH excluding ortho intramolecular Hbond substituents is 1. The van der Waals surface area contributed by atoms with Crippen LogP contribution in [0.3, 0.4) is 0 Å². The summed E-state index contributed by atoms with van der Waals surface area (Å²) in [5, 5.41) is 13.6. The zero-order valence-electron chi connectivity index (χ0n) is 14.0. The molecule has 0 spiro atoms. The molecule has 0 radical (unpaired) electrons. The van der Waals surface area contributed by atoms with E-state index in [1.165, 1.54) is 4.88 Å². The minimum absolute atomic E-state index is 0.0436. The molecule has 0 aliphatic carbocycles. The van der Waals surface area contributed by atoms with Gasteiger partial charge in [0.1, 0.15) is 12.6 Å². The molecule has 0 bridgehead atoms. The van der Waals surface area contributed by atoms with Gasteiger partial charge in [-0.1, -0.05) is 12.2 Å². The van der Waals surface area contributed by atoms with Crippen molar-refractivity contribution < 1.29 is 14.6 Å². The number of rotatable bonds is 2. The van der Waals surface area contributed by atoms with E-state index in [9.17, 15) is 9.90 Å². The Labute approximate surface area is 150 Å². The summed E-state index contributed by atoms with van der Waals surface area (Å²) >= 11 is 1.68. The number of phenols is 1. The third kappa shape index (κ3) is 3.15. The van der Waals surface area contributed by atoms with Crippen LogP contribution >= 0.6 is 11.3 Å². The Morgan fingerprint density at radius 1 is 1.40 bits per heavy atom. The Morgan fingerprint density at radius 3 is 3.00 bits per heavy atom. The number of aromatic hydroxyl groups is 1. The maximum Gasteiger partial charge on any atom is 0.244 e. The van der Waals surface area contributed by atoms with E-state index in [1.54, 1.807) is 22.3 Å². The molecule has 2 N–H and O–H groups in total. The van der Waals surface area contributed by atoms with Gasteiger partial charge in [0.15, 0.2) is 11.5 Å². The molecule has 25 heavy (non-hydrogen) atoms.